The van der Waals surface area contributed by atoms with Crippen LogP contribution >= 0.6 is 11.6 Å². The van der Waals surface area contributed by atoms with Crippen molar-refractivity contribution < 1.29 is 13.2 Å². The number of nitrogens with zero attached hydrogens (tertiary/aromatic N) is 2. The summed E-state index contributed by atoms with van der Waals surface area (Å²) in [6, 6.07) is 1.61. The second-order valence-electron chi connectivity index (χ2n) is 3.34. The summed E-state index contributed by atoms with van der Waals surface area (Å²) in [4.78, 5) is 7.85. The van der Waals surface area contributed by atoms with E-state index in [4.69, 9.17) is 16.3 Å². The molecule has 0 saturated carbocycles. The number of aromatic nitrogens is 2. The Morgan fingerprint density at radius 2 is 2.18 bits per heavy atom. The maximum atomic E-state index is 11.6. The van der Waals surface area contributed by atoms with Crippen LogP contribution in [0.4, 0.5) is 5.95 Å². The Balaban J connectivity index is 2.84. The zero-order valence-corrected chi connectivity index (χ0v) is 11.2. The van der Waals surface area contributed by atoms with E-state index in [1.54, 1.807) is 13.0 Å². The van der Waals surface area contributed by atoms with Gasteiger partial charge in [0.15, 0.2) is 0 Å². The summed E-state index contributed by atoms with van der Waals surface area (Å²) < 4.78 is 30.4. The molecule has 1 aromatic heterocycles. The number of halogens is 1. The quantitative estimate of drug-likeness (QED) is 0.791. The molecule has 0 spiro atoms. The first-order chi connectivity index (χ1) is 7.96. The lowest BCUT2D eigenvalue weighted by molar-refractivity contribution is 0.397. The average Bonchev–Trinajstić information content (AvgIpc) is 2.25. The van der Waals surface area contributed by atoms with Crippen molar-refractivity contribution in [3.63, 3.8) is 0 Å². The van der Waals surface area contributed by atoms with Crippen molar-refractivity contribution >= 4 is 27.6 Å². The van der Waals surface area contributed by atoms with Gasteiger partial charge in [-0.05, 0) is 13.3 Å². The van der Waals surface area contributed by atoms with E-state index >= 15 is 0 Å². The van der Waals surface area contributed by atoms with Gasteiger partial charge in [-0.25, -0.2) is 13.4 Å². The van der Waals surface area contributed by atoms with Crippen LogP contribution in [-0.2, 0) is 10.0 Å². The molecule has 0 amide bonds. The molecule has 0 atom stereocenters. The minimum atomic E-state index is -3.45. The second-order valence-corrected chi connectivity index (χ2v) is 5.56. The van der Waals surface area contributed by atoms with E-state index in [1.807, 2.05) is 0 Å². The molecule has 6 nitrogen and oxygen atoms in total. The molecule has 0 aromatic carbocycles. The molecule has 96 valence electrons. The fraction of sp³-hybridized carbons (Fsp3) is 0.556. The van der Waals surface area contributed by atoms with Crippen molar-refractivity contribution in [1.29, 1.82) is 0 Å². The summed E-state index contributed by atoms with van der Waals surface area (Å²) in [5.74, 6) is 0.554. The van der Waals surface area contributed by atoms with Crippen LogP contribution in [-0.4, -0.2) is 37.1 Å². The third-order valence-electron chi connectivity index (χ3n) is 1.83. The van der Waals surface area contributed by atoms with E-state index in [0.29, 0.717) is 23.9 Å². The van der Waals surface area contributed by atoms with Gasteiger partial charge >= 0.3 is 0 Å². The van der Waals surface area contributed by atoms with Crippen molar-refractivity contribution in [2.45, 2.75) is 13.3 Å². The Kier molecular flexibility index (Phi) is 4.95. The first-order valence-corrected chi connectivity index (χ1v) is 7.11. The van der Waals surface area contributed by atoms with Crippen molar-refractivity contribution in [1.82, 2.24) is 9.97 Å². The number of rotatable bonds is 6. The summed E-state index contributed by atoms with van der Waals surface area (Å²) in [6.07, 6.45) is 0.375. The molecule has 0 aliphatic rings. The zero-order chi connectivity index (χ0) is 12.9. The molecule has 1 N–H and O–H groups in total. The monoisotopic (exact) mass is 279 g/mol. The molecule has 17 heavy (non-hydrogen) atoms. The van der Waals surface area contributed by atoms with Crippen LogP contribution in [0.3, 0.4) is 0 Å². The Bertz CT molecular complexity index is 478. The van der Waals surface area contributed by atoms with Crippen LogP contribution in [0, 0.1) is 6.92 Å². The molecule has 1 rings (SSSR count). The van der Waals surface area contributed by atoms with Crippen LogP contribution in [0.1, 0.15) is 12.1 Å². The fourth-order valence-electron chi connectivity index (χ4n) is 1.12. The number of aryl methyl sites for hydroxylation is 1. The predicted molar refractivity (Wildman–Crippen MR) is 66.1 cm³/mol. The van der Waals surface area contributed by atoms with Gasteiger partial charge in [0.05, 0.1) is 12.9 Å². The lowest BCUT2D eigenvalue weighted by Crippen LogP contribution is -2.19. The van der Waals surface area contributed by atoms with Gasteiger partial charge in [0.25, 0.3) is 0 Å². The highest BCUT2D eigenvalue weighted by atomic mass is 35.5. The van der Waals surface area contributed by atoms with Crippen molar-refractivity contribution in [2.24, 2.45) is 0 Å². The minimum Gasteiger partial charge on any atom is -0.481 e. The van der Waals surface area contributed by atoms with Crippen LogP contribution in [0.15, 0.2) is 6.07 Å². The van der Waals surface area contributed by atoms with Gasteiger partial charge in [0, 0.05) is 17.6 Å². The van der Waals surface area contributed by atoms with Crippen LogP contribution in [0.5, 0.6) is 5.88 Å². The Hall–Kier alpha value is -1.08. The normalized spacial score (nSPS) is 11.2. The molecule has 0 radical (unpaired) electrons. The summed E-state index contributed by atoms with van der Waals surface area (Å²) in [5.41, 5.74) is 0.617. The number of sulfonamides is 1. The molecule has 0 saturated heterocycles. The molecule has 0 unspecified atom stereocenters. The van der Waals surface area contributed by atoms with Crippen LogP contribution in [0.2, 0.25) is 0 Å². The number of anilines is 1. The molecular weight excluding hydrogens is 266 g/mol. The van der Waals surface area contributed by atoms with Gasteiger partial charge in [0.2, 0.25) is 21.9 Å². The van der Waals surface area contributed by atoms with E-state index in [9.17, 15) is 8.42 Å². The number of methoxy groups -OCH3 is 1. The number of alkyl halides is 1. The molecule has 1 aromatic rings. The van der Waals surface area contributed by atoms with Crippen molar-refractivity contribution in [2.75, 3.05) is 23.5 Å². The number of hydrogen-bond acceptors (Lipinski definition) is 5. The maximum Gasteiger partial charge on any atom is 0.240 e. The first kappa shape index (κ1) is 14.0. The summed E-state index contributed by atoms with van der Waals surface area (Å²) >= 11 is 5.44. The fourth-order valence-corrected chi connectivity index (χ4v) is 2.41. The van der Waals surface area contributed by atoms with Crippen molar-refractivity contribution in [3.8, 4) is 5.88 Å². The van der Waals surface area contributed by atoms with Crippen LogP contribution < -0.4 is 9.46 Å². The van der Waals surface area contributed by atoms with Gasteiger partial charge in [-0.2, -0.15) is 4.98 Å². The predicted octanol–water partition coefficient (Wildman–Crippen LogP) is 1.16. The summed E-state index contributed by atoms with van der Waals surface area (Å²) in [6.45, 7) is 1.72. The molecule has 8 heteroatoms. The zero-order valence-electron chi connectivity index (χ0n) is 9.60. The third-order valence-corrected chi connectivity index (χ3v) is 3.42. The van der Waals surface area contributed by atoms with E-state index in [0.717, 1.165) is 0 Å². The largest absolute Gasteiger partial charge is 0.481 e. The van der Waals surface area contributed by atoms with Gasteiger partial charge in [-0.1, -0.05) is 0 Å². The average molecular weight is 280 g/mol. The SMILES string of the molecule is COc1cc(C)nc(NS(=O)(=O)CCCCl)n1. The minimum absolute atomic E-state index is 0.0106. The number of ether oxygens (including phenoxy) is 1. The highest BCUT2D eigenvalue weighted by Gasteiger charge is 2.12. The second kappa shape index (κ2) is 6.02. The van der Waals surface area contributed by atoms with E-state index in [-0.39, 0.29) is 11.7 Å². The third kappa shape index (κ3) is 4.74. The molecule has 0 aliphatic carbocycles. The van der Waals surface area contributed by atoms with Crippen molar-refractivity contribution in [3.05, 3.63) is 11.8 Å². The molecule has 0 fully saturated rings. The highest BCUT2D eigenvalue weighted by Crippen LogP contribution is 2.12. The Morgan fingerprint density at radius 3 is 2.76 bits per heavy atom. The van der Waals surface area contributed by atoms with Gasteiger partial charge in [0.1, 0.15) is 0 Å². The van der Waals surface area contributed by atoms with E-state index < -0.39 is 10.0 Å². The number of nitrogens with one attached hydrogen (secondary N) is 1. The summed E-state index contributed by atoms with van der Waals surface area (Å²) in [5, 5.41) is 0. The smallest absolute Gasteiger partial charge is 0.240 e. The Labute approximate surface area is 105 Å². The Morgan fingerprint density at radius 1 is 1.47 bits per heavy atom. The topological polar surface area (TPSA) is 81.2 Å². The lowest BCUT2D eigenvalue weighted by atomic mass is 10.4. The summed E-state index contributed by atoms with van der Waals surface area (Å²) in [7, 11) is -2.00. The van der Waals surface area contributed by atoms with Gasteiger partial charge in [-0.15, -0.1) is 11.6 Å². The maximum absolute atomic E-state index is 11.6. The molecule has 1 heterocycles. The molecule has 0 aliphatic heterocycles. The molecule has 0 bridgehead atoms. The molecular formula is C9H14ClN3O3S. The first-order valence-electron chi connectivity index (χ1n) is 4.93. The number of hydrogen-bond donors (Lipinski definition) is 1. The van der Waals surface area contributed by atoms with E-state index in [2.05, 4.69) is 14.7 Å². The van der Waals surface area contributed by atoms with E-state index in [1.165, 1.54) is 7.11 Å². The van der Waals surface area contributed by atoms with Gasteiger partial charge < -0.3 is 4.74 Å². The van der Waals surface area contributed by atoms with Crippen LogP contribution in [0.25, 0.3) is 0 Å². The lowest BCUT2D eigenvalue weighted by Gasteiger charge is -2.07. The highest BCUT2D eigenvalue weighted by molar-refractivity contribution is 7.92. The van der Waals surface area contributed by atoms with Gasteiger partial charge in [-0.3, -0.25) is 4.72 Å². The standard InChI is InChI=1S/C9H14ClN3O3S/c1-7-6-8(16-2)12-9(11-7)13-17(14,15)5-3-4-10/h6H,3-5H2,1-2H3,(H,11,12,13).